The summed E-state index contributed by atoms with van der Waals surface area (Å²) in [6.45, 7) is 0. The van der Waals surface area contributed by atoms with Crippen LogP contribution in [0.5, 0.6) is 11.5 Å². The van der Waals surface area contributed by atoms with Crippen molar-refractivity contribution in [1.29, 1.82) is 0 Å². The summed E-state index contributed by atoms with van der Waals surface area (Å²) in [6.07, 6.45) is 9.75. The highest BCUT2D eigenvalue weighted by Crippen LogP contribution is 2.63. The molecule has 2 saturated carbocycles. The molecule has 2 fully saturated rings. The fourth-order valence-electron chi connectivity index (χ4n) is 4.09. The van der Waals surface area contributed by atoms with Crippen LogP contribution in [0.3, 0.4) is 0 Å². The Balaban J connectivity index is 1.84. The number of ether oxygens (including phenoxy) is 2. The molecule has 1 atom stereocenters. The lowest BCUT2D eigenvalue weighted by atomic mass is 9.98. The summed E-state index contributed by atoms with van der Waals surface area (Å²) in [6, 6.07) is 5.03. The molecule has 6 nitrogen and oxygen atoms in total. The van der Waals surface area contributed by atoms with Gasteiger partial charge in [0, 0.05) is 0 Å². The van der Waals surface area contributed by atoms with Crippen LogP contribution in [-0.2, 0) is 13.6 Å². The van der Waals surface area contributed by atoms with Crippen molar-refractivity contribution >= 4 is 7.60 Å². The van der Waals surface area contributed by atoms with E-state index in [0.29, 0.717) is 17.1 Å². The Labute approximate surface area is 168 Å². The summed E-state index contributed by atoms with van der Waals surface area (Å²) >= 11 is 0. The van der Waals surface area contributed by atoms with Gasteiger partial charge in [0.2, 0.25) is 0 Å². The fourth-order valence-corrected chi connectivity index (χ4v) is 6.15. The predicted molar refractivity (Wildman–Crippen MR) is 108 cm³/mol. The maximum absolute atomic E-state index is 13.8. The molecule has 0 amide bonds. The maximum Gasteiger partial charge on any atom is 0.363 e. The van der Waals surface area contributed by atoms with Crippen molar-refractivity contribution in [3.05, 3.63) is 23.8 Å². The number of hydrogen-bond acceptors (Lipinski definition) is 6. The lowest BCUT2D eigenvalue weighted by Gasteiger charge is -2.33. The SMILES string of the molecule is COc1ccc(C(O)P(=O)(OC2CCCCC2)OC2CCCCC2)cc1OC. The van der Waals surface area contributed by atoms with Gasteiger partial charge in [0.1, 0.15) is 0 Å². The van der Waals surface area contributed by atoms with Gasteiger partial charge in [-0.2, -0.15) is 0 Å². The minimum Gasteiger partial charge on any atom is -0.493 e. The highest BCUT2D eigenvalue weighted by molar-refractivity contribution is 7.54. The van der Waals surface area contributed by atoms with Gasteiger partial charge in [0.25, 0.3) is 0 Å². The van der Waals surface area contributed by atoms with Crippen molar-refractivity contribution < 1.29 is 28.2 Å². The molecule has 0 spiro atoms. The van der Waals surface area contributed by atoms with Crippen LogP contribution in [-0.4, -0.2) is 31.5 Å². The molecule has 2 aliphatic rings. The number of benzene rings is 1. The number of hydrogen-bond donors (Lipinski definition) is 1. The highest BCUT2D eigenvalue weighted by atomic mass is 31.2. The van der Waals surface area contributed by atoms with Crippen molar-refractivity contribution in [2.45, 2.75) is 82.3 Å². The first kappa shape index (κ1) is 21.6. The van der Waals surface area contributed by atoms with Gasteiger partial charge in [-0.3, -0.25) is 4.57 Å². The standard InChI is InChI=1S/C21H33O6P/c1-24-19-14-13-16(15-20(19)25-2)21(22)28(23,26-17-9-5-3-6-10-17)27-18-11-7-4-8-12-18/h13-15,17-18,21-22H,3-12H2,1-2H3. The molecule has 3 rings (SSSR count). The van der Waals surface area contributed by atoms with Gasteiger partial charge in [0.05, 0.1) is 26.4 Å². The zero-order valence-electron chi connectivity index (χ0n) is 17.0. The first-order valence-corrected chi connectivity index (χ1v) is 12.0. The number of rotatable bonds is 8. The molecule has 0 aliphatic heterocycles. The summed E-state index contributed by atoms with van der Waals surface area (Å²) in [7, 11) is -0.679. The lowest BCUT2D eigenvalue weighted by molar-refractivity contribution is 0.0544. The molecule has 1 N–H and O–H groups in total. The largest absolute Gasteiger partial charge is 0.493 e. The maximum atomic E-state index is 13.8. The van der Waals surface area contributed by atoms with E-state index in [1.807, 2.05) is 0 Å². The van der Waals surface area contributed by atoms with Crippen molar-refractivity contribution in [2.75, 3.05) is 14.2 Å². The molecule has 158 valence electrons. The van der Waals surface area contributed by atoms with Gasteiger partial charge in [0.15, 0.2) is 17.3 Å². The van der Waals surface area contributed by atoms with Gasteiger partial charge in [-0.05, 0) is 43.4 Å². The summed E-state index contributed by atoms with van der Waals surface area (Å²) in [5.74, 6) is -0.327. The van der Waals surface area contributed by atoms with Gasteiger partial charge in [-0.15, -0.1) is 0 Å². The normalized spacial score (nSPS) is 20.7. The number of aliphatic hydroxyl groups excluding tert-OH is 1. The summed E-state index contributed by atoms with van der Waals surface area (Å²) in [4.78, 5) is 0. The molecule has 0 aromatic heterocycles. The van der Waals surface area contributed by atoms with E-state index in [1.54, 1.807) is 25.3 Å². The van der Waals surface area contributed by atoms with Crippen LogP contribution in [0.4, 0.5) is 0 Å². The number of methoxy groups -OCH3 is 2. The first-order chi connectivity index (χ1) is 13.6. The quantitative estimate of drug-likeness (QED) is 0.561. The van der Waals surface area contributed by atoms with Crippen LogP contribution in [0.1, 0.15) is 75.6 Å². The third kappa shape index (κ3) is 5.29. The smallest absolute Gasteiger partial charge is 0.363 e. The minimum atomic E-state index is -3.76. The van der Waals surface area contributed by atoms with Crippen LogP contribution in [0, 0.1) is 0 Å². The van der Waals surface area contributed by atoms with E-state index in [-0.39, 0.29) is 12.2 Å². The van der Waals surface area contributed by atoms with Crippen LogP contribution in [0.2, 0.25) is 0 Å². The molecule has 0 heterocycles. The Kier molecular flexibility index (Phi) is 7.81. The zero-order chi connectivity index (χ0) is 20.0. The summed E-state index contributed by atoms with van der Waals surface area (Å²) < 4.78 is 36.5. The monoisotopic (exact) mass is 412 g/mol. The Morgan fingerprint density at radius 1 is 0.857 bits per heavy atom. The van der Waals surface area contributed by atoms with E-state index >= 15 is 0 Å². The summed E-state index contributed by atoms with van der Waals surface area (Å²) in [5, 5.41) is 11.1. The van der Waals surface area contributed by atoms with Crippen molar-refractivity contribution in [3.8, 4) is 11.5 Å². The fraction of sp³-hybridized carbons (Fsp3) is 0.714. The van der Waals surface area contributed by atoms with E-state index in [1.165, 1.54) is 20.0 Å². The topological polar surface area (TPSA) is 74.2 Å². The third-order valence-corrected chi connectivity index (χ3v) is 7.78. The van der Waals surface area contributed by atoms with Gasteiger partial charge < -0.3 is 23.6 Å². The second kappa shape index (κ2) is 10.1. The van der Waals surface area contributed by atoms with Crippen LogP contribution < -0.4 is 9.47 Å². The molecule has 1 aromatic carbocycles. The first-order valence-electron chi connectivity index (χ1n) is 10.4. The van der Waals surface area contributed by atoms with Crippen LogP contribution in [0.15, 0.2) is 18.2 Å². The lowest BCUT2D eigenvalue weighted by Crippen LogP contribution is -2.22. The van der Waals surface area contributed by atoms with E-state index in [0.717, 1.165) is 51.4 Å². The molecule has 0 bridgehead atoms. The van der Waals surface area contributed by atoms with Crippen LogP contribution >= 0.6 is 7.60 Å². The van der Waals surface area contributed by atoms with Gasteiger partial charge in [-0.1, -0.05) is 44.6 Å². The molecular formula is C21H33O6P. The van der Waals surface area contributed by atoms with Crippen LogP contribution in [0.25, 0.3) is 0 Å². The van der Waals surface area contributed by atoms with Crippen molar-refractivity contribution in [2.24, 2.45) is 0 Å². The third-order valence-electron chi connectivity index (χ3n) is 5.70. The van der Waals surface area contributed by atoms with E-state index in [2.05, 4.69) is 0 Å². The predicted octanol–water partition coefficient (Wildman–Crippen LogP) is 5.59. The molecule has 2 aliphatic carbocycles. The number of aliphatic hydroxyl groups is 1. The molecule has 1 aromatic rings. The van der Waals surface area contributed by atoms with Gasteiger partial charge in [-0.25, -0.2) is 0 Å². The minimum absolute atomic E-state index is 0.127. The molecule has 0 saturated heterocycles. The van der Waals surface area contributed by atoms with E-state index in [9.17, 15) is 9.67 Å². The van der Waals surface area contributed by atoms with Gasteiger partial charge >= 0.3 is 7.60 Å². The Hall–Kier alpha value is -1.07. The molecule has 28 heavy (non-hydrogen) atoms. The molecule has 7 heteroatoms. The summed E-state index contributed by atoms with van der Waals surface area (Å²) in [5.41, 5.74) is 0.451. The Bertz CT molecular complexity index is 643. The second-order valence-electron chi connectivity index (χ2n) is 7.76. The molecule has 1 unspecified atom stereocenters. The second-order valence-corrected chi connectivity index (χ2v) is 9.75. The molecular weight excluding hydrogens is 379 g/mol. The van der Waals surface area contributed by atoms with E-state index in [4.69, 9.17) is 18.5 Å². The average molecular weight is 412 g/mol. The van der Waals surface area contributed by atoms with Crippen molar-refractivity contribution in [3.63, 3.8) is 0 Å². The molecule has 0 radical (unpaired) electrons. The zero-order valence-corrected chi connectivity index (χ0v) is 17.9. The Morgan fingerprint density at radius 2 is 1.36 bits per heavy atom. The average Bonchev–Trinajstić information content (AvgIpc) is 2.74. The van der Waals surface area contributed by atoms with E-state index < -0.39 is 13.4 Å². The highest BCUT2D eigenvalue weighted by Gasteiger charge is 2.41. The van der Waals surface area contributed by atoms with Crippen molar-refractivity contribution in [1.82, 2.24) is 0 Å². The Morgan fingerprint density at radius 3 is 1.82 bits per heavy atom.